The van der Waals surface area contributed by atoms with E-state index in [0.29, 0.717) is 17.1 Å². The normalized spacial score (nSPS) is 16.9. The van der Waals surface area contributed by atoms with E-state index in [1.807, 2.05) is 45.0 Å². The average Bonchev–Trinajstić information content (AvgIpc) is 3.66. The van der Waals surface area contributed by atoms with Crippen LogP contribution in [0.15, 0.2) is 41.3 Å². The zero-order valence-corrected chi connectivity index (χ0v) is 23.4. The molecule has 2 aromatic carbocycles. The van der Waals surface area contributed by atoms with Crippen LogP contribution in [0.5, 0.6) is 0 Å². The number of alkyl halides is 3. The Kier molecular flexibility index (Phi) is 9.85. The summed E-state index contributed by atoms with van der Waals surface area (Å²) < 4.78 is 65.8. The maximum absolute atomic E-state index is 13.0. The monoisotopic (exact) mass is 585 g/mol. The lowest BCUT2D eigenvalue weighted by Crippen LogP contribution is -2.43. The van der Waals surface area contributed by atoms with Gasteiger partial charge in [-0.1, -0.05) is 29.8 Å². The number of morpholine rings is 1. The SMILES string of the molecule is Cc1cc(C)c(S(=O)(=O)Nc2ccc(C3(C(=O)NCCN4CCOCC4)CC3)cc2)c(C)c1.O=C(O)C(F)(F)F. The van der Waals surface area contributed by atoms with Crippen molar-refractivity contribution in [3.05, 3.63) is 58.7 Å². The van der Waals surface area contributed by atoms with Gasteiger partial charge in [0.05, 0.1) is 23.5 Å². The number of hydrogen-bond donors (Lipinski definition) is 3. The molecule has 2 aliphatic rings. The van der Waals surface area contributed by atoms with E-state index in [4.69, 9.17) is 14.6 Å². The number of ether oxygens (including phenoxy) is 1. The van der Waals surface area contributed by atoms with E-state index < -0.39 is 27.6 Å². The Labute approximate surface area is 231 Å². The fourth-order valence-corrected chi connectivity index (χ4v) is 6.26. The average molecular weight is 586 g/mol. The molecule has 0 spiro atoms. The van der Waals surface area contributed by atoms with Crippen molar-refractivity contribution >= 4 is 27.6 Å². The van der Waals surface area contributed by atoms with Gasteiger partial charge in [-0.05, 0) is 62.4 Å². The van der Waals surface area contributed by atoms with Gasteiger partial charge in [0.15, 0.2) is 0 Å². The fraction of sp³-hybridized carbons (Fsp3) is 0.481. The molecule has 40 heavy (non-hydrogen) atoms. The quantitative estimate of drug-likeness (QED) is 0.433. The van der Waals surface area contributed by atoms with Crippen LogP contribution in [0.3, 0.4) is 0 Å². The topological polar surface area (TPSA) is 125 Å². The summed E-state index contributed by atoms with van der Waals surface area (Å²) in [7, 11) is -3.71. The van der Waals surface area contributed by atoms with Gasteiger partial charge in [-0.2, -0.15) is 13.2 Å². The van der Waals surface area contributed by atoms with Gasteiger partial charge in [0.2, 0.25) is 5.91 Å². The van der Waals surface area contributed by atoms with Gasteiger partial charge < -0.3 is 15.2 Å². The highest BCUT2D eigenvalue weighted by atomic mass is 32.2. The molecule has 9 nitrogen and oxygen atoms in total. The van der Waals surface area contributed by atoms with E-state index in [-0.39, 0.29) is 5.91 Å². The van der Waals surface area contributed by atoms with Crippen molar-refractivity contribution in [2.45, 2.75) is 50.1 Å². The third kappa shape index (κ3) is 7.95. The van der Waals surface area contributed by atoms with Crippen LogP contribution in [0.2, 0.25) is 0 Å². The number of nitrogens with zero attached hydrogens (tertiary/aromatic N) is 1. The minimum absolute atomic E-state index is 0.0509. The van der Waals surface area contributed by atoms with E-state index in [0.717, 1.165) is 67.9 Å². The molecule has 220 valence electrons. The molecule has 3 N–H and O–H groups in total. The third-order valence-corrected chi connectivity index (χ3v) is 8.49. The Morgan fingerprint density at radius 3 is 2.02 bits per heavy atom. The Bertz CT molecular complexity index is 1300. The molecule has 0 radical (unpaired) electrons. The number of anilines is 1. The molecule has 1 heterocycles. The summed E-state index contributed by atoms with van der Waals surface area (Å²) in [5.74, 6) is -2.71. The summed E-state index contributed by atoms with van der Waals surface area (Å²) in [6.07, 6.45) is -3.47. The van der Waals surface area contributed by atoms with Crippen molar-refractivity contribution in [3.63, 3.8) is 0 Å². The van der Waals surface area contributed by atoms with Gasteiger partial charge in [0.25, 0.3) is 10.0 Å². The van der Waals surface area contributed by atoms with E-state index in [1.165, 1.54) is 0 Å². The smallest absolute Gasteiger partial charge is 0.475 e. The van der Waals surface area contributed by atoms with E-state index in [2.05, 4.69) is 14.9 Å². The first-order valence-electron chi connectivity index (χ1n) is 12.8. The minimum Gasteiger partial charge on any atom is -0.475 e. The number of aryl methyl sites for hydroxylation is 3. The van der Waals surface area contributed by atoms with Gasteiger partial charge in [0, 0.05) is 31.9 Å². The fourth-order valence-electron chi connectivity index (χ4n) is 4.75. The molecule has 1 aliphatic heterocycles. The Balaban J connectivity index is 0.000000559. The van der Waals surface area contributed by atoms with Crippen LogP contribution in [-0.2, 0) is 29.8 Å². The maximum Gasteiger partial charge on any atom is 0.490 e. The molecule has 0 aromatic heterocycles. The lowest BCUT2D eigenvalue weighted by Gasteiger charge is -2.27. The van der Waals surface area contributed by atoms with Gasteiger partial charge in [-0.3, -0.25) is 14.4 Å². The second-order valence-electron chi connectivity index (χ2n) is 10.0. The molecule has 2 fully saturated rings. The first kappa shape index (κ1) is 31.4. The molecule has 0 bridgehead atoms. The second kappa shape index (κ2) is 12.6. The summed E-state index contributed by atoms with van der Waals surface area (Å²) >= 11 is 0. The highest BCUT2D eigenvalue weighted by molar-refractivity contribution is 7.92. The lowest BCUT2D eigenvalue weighted by atomic mass is 9.95. The molecule has 1 saturated heterocycles. The second-order valence-corrected chi connectivity index (χ2v) is 11.6. The number of aliphatic carboxylic acids is 1. The predicted molar refractivity (Wildman–Crippen MR) is 143 cm³/mol. The molecule has 1 saturated carbocycles. The number of carboxylic acid groups (broad SMARTS) is 1. The van der Waals surface area contributed by atoms with Crippen molar-refractivity contribution in [2.75, 3.05) is 44.1 Å². The molecule has 2 aromatic rings. The number of carbonyl (C=O) groups excluding carboxylic acids is 1. The Morgan fingerprint density at radius 1 is 1.02 bits per heavy atom. The molecule has 1 aliphatic carbocycles. The van der Waals surface area contributed by atoms with Crippen LogP contribution in [0, 0.1) is 20.8 Å². The van der Waals surface area contributed by atoms with Crippen LogP contribution in [0.25, 0.3) is 0 Å². The number of carboxylic acids is 1. The predicted octanol–water partition coefficient (Wildman–Crippen LogP) is 3.53. The molecule has 1 amide bonds. The number of hydrogen-bond acceptors (Lipinski definition) is 6. The number of sulfonamides is 1. The van der Waals surface area contributed by atoms with Crippen molar-refractivity contribution < 1.29 is 41.0 Å². The van der Waals surface area contributed by atoms with E-state index in [1.54, 1.807) is 12.1 Å². The third-order valence-electron chi connectivity index (χ3n) is 6.81. The van der Waals surface area contributed by atoms with Gasteiger partial charge in [-0.15, -0.1) is 0 Å². The Hall–Kier alpha value is -3.16. The zero-order valence-electron chi connectivity index (χ0n) is 22.6. The van der Waals surface area contributed by atoms with Crippen molar-refractivity contribution in [1.29, 1.82) is 0 Å². The molecule has 0 atom stereocenters. The minimum atomic E-state index is -5.08. The largest absolute Gasteiger partial charge is 0.490 e. The van der Waals surface area contributed by atoms with Crippen LogP contribution in [0.4, 0.5) is 18.9 Å². The number of rotatable bonds is 8. The number of benzene rings is 2. The van der Waals surface area contributed by atoms with E-state index in [9.17, 15) is 26.4 Å². The van der Waals surface area contributed by atoms with Crippen LogP contribution >= 0.6 is 0 Å². The van der Waals surface area contributed by atoms with E-state index >= 15 is 0 Å². The lowest BCUT2D eigenvalue weighted by molar-refractivity contribution is -0.192. The standard InChI is InChI=1S/C25H33N3O4S.C2HF3O2/c1-18-16-19(2)23(20(3)17-18)33(30,31)27-22-6-4-21(5-7-22)25(8-9-25)24(29)26-10-11-28-12-14-32-15-13-28;3-2(4,5)1(6)7/h4-7,16-17,27H,8-15H2,1-3H3,(H,26,29);(H,6,7). The first-order chi connectivity index (χ1) is 18.7. The van der Waals surface area contributed by atoms with Crippen LogP contribution < -0.4 is 10.0 Å². The summed E-state index contributed by atoms with van der Waals surface area (Å²) in [5.41, 5.74) is 3.40. The maximum atomic E-state index is 13.0. The number of amides is 1. The summed E-state index contributed by atoms with van der Waals surface area (Å²) in [5, 5.41) is 10.2. The number of carbonyl (C=O) groups is 2. The van der Waals surface area contributed by atoms with Crippen LogP contribution in [-0.4, -0.2) is 75.9 Å². The van der Waals surface area contributed by atoms with Gasteiger partial charge in [0.1, 0.15) is 0 Å². The van der Waals surface area contributed by atoms with Crippen molar-refractivity contribution in [2.24, 2.45) is 0 Å². The van der Waals surface area contributed by atoms with Crippen molar-refractivity contribution in [3.8, 4) is 0 Å². The van der Waals surface area contributed by atoms with Gasteiger partial charge >= 0.3 is 12.1 Å². The molecule has 13 heteroatoms. The van der Waals surface area contributed by atoms with Crippen LogP contribution in [0.1, 0.15) is 35.1 Å². The van der Waals surface area contributed by atoms with Gasteiger partial charge in [-0.25, -0.2) is 13.2 Å². The summed E-state index contributed by atoms with van der Waals surface area (Å²) in [6.45, 7) is 10.3. The first-order valence-corrected chi connectivity index (χ1v) is 14.2. The van der Waals surface area contributed by atoms with Crippen molar-refractivity contribution in [1.82, 2.24) is 10.2 Å². The zero-order chi connectivity index (χ0) is 29.7. The molecular formula is C27H34F3N3O6S. The molecule has 4 rings (SSSR count). The number of nitrogens with one attached hydrogen (secondary N) is 2. The highest BCUT2D eigenvalue weighted by Gasteiger charge is 2.51. The highest BCUT2D eigenvalue weighted by Crippen LogP contribution is 2.48. The molecule has 0 unspecified atom stereocenters. The summed E-state index contributed by atoms with van der Waals surface area (Å²) in [4.78, 5) is 24.4. The number of halogens is 3. The summed E-state index contributed by atoms with van der Waals surface area (Å²) in [6, 6.07) is 11.0. The molecular weight excluding hydrogens is 551 g/mol. The Morgan fingerprint density at radius 2 is 1.55 bits per heavy atom.